The third-order valence-corrected chi connectivity index (χ3v) is 2.81. The van der Waals surface area contributed by atoms with Crippen molar-refractivity contribution in [3.05, 3.63) is 5.82 Å². The number of nitrogens with one attached hydrogen (secondary N) is 1. The predicted molar refractivity (Wildman–Crippen MR) is 61.8 cm³/mol. The van der Waals surface area contributed by atoms with Crippen LogP contribution < -0.4 is 5.32 Å². The summed E-state index contributed by atoms with van der Waals surface area (Å²) in [7, 11) is 0. The molecule has 0 spiro atoms. The fourth-order valence-corrected chi connectivity index (χ4v) is 1.91. The Morgan fingerprint density at radius 1 is 1.29 bits per heavy atom. The van der Waals surface area contributed by atoms with Crippen LogP contribution >= 0.6 is 11.5 Å². The van der Waals surface area contributed by atoms with Crippen molar-refractivity contribution in [1.29, 1.82) is 0 Å². The summed E-state index contributed by atoms with van der Waals surface area (Å²) < 4.78 is 4.13. The summed E-state index contributed by atoms with van der Waals surface area (Å²) in [4.78, 5) is 4.27. The minimum Gasteiger partial charge on any atom is -0.358 e. The van der Waals surface area contributed by atoms with Crippen LogP contribution in [0.15, 0.2) is 0 Å². The fraction of sp³-hybridized carbons (Fsp3) is 0.800. The van der Waals surface area contributed by atoms with E-state index in [0.29, 0.717) is 6.04 Å². The molecule has 3 nitrogen and oxygen atoms in total. The zero-order valence-electron chi connectivity index (χ0n) is 9.37. The van der Waals surface area contributed by atoms with E-state index < -0.39 is 0 Å². The molecule has 1 N–H and O–H groups in total. The molecule has 1 rings (SSSR count). The minimum atomic E-state index is 0.491. The number of hydrogen-bond donors (Lipinski definition) is 1. The Hall–Kier alpha value is -0.640. The van der Waals surface area contributed by atoms with E-state index in [9.17, 15) is 0 Å². The summed E-state index contributed by atoms with van der Waals surface area (Å²) in [5, 5.41) is 4.31. The number of rotatable bonds is 5. The monoisotopic (exact) mass is 213 g/mol. The highest BCUT2D eigenvalue weighted by Crippen LogP contribution is 2.14. The SMILES string of the molecule is Cc1nsc(NC(C)CCC(C)C)n1. The van der Waals surface area contributed by atoms with Gasteiger partial charge in [-0.25, -0.2) is 4.98 Å². The third-order valence-electron chi connectivity index (χ3n) is 2.07. The molecule has 0 radical (unpaired) electrons. The van der Waals surface area contributed by atoms with Crippen molar-refractivity contribution in [1.82, 2.24) is 9.36 Å². The Morgan fingerprint density at radius 2 is 2.00 bits per heavy atom. The number of nitrogens with zero attached hydrogens (tertiary/aromatic N) is 2. The lowest BCUT2D eigenvalue weighted by molar-refractivity contribution is 0.527. The molecule has 0 amide bonds. The highest BCUT2D eigenvalue weighted by atomic mass is 32.1. The van der Waals surface area contributed by atoms with Gasteiger partial charge >= 0.3 is 0 Å². The van der Waals surface area contributed by atoms with Gasteiger partial charge in [0.25, 0.3) is 0 Å². The summed E-state index contributed by atoms with van der Waals surface area (Å²) in [6, 6.07) is 0.491. The molecule has 1 aromatic heterocycles. The molecule has 0 saturated heterocycles. The van der Waals surface area contributed by atoms with Crippen LogP contribution in [0, 0.1) is 12.8 Å². The van der Waals surface area contributed by atoms with Crippen LogP contribution in [-0.4, -0.2) is 15.4 Å². The van der Waals surface area contributed by atoms with Crippen molar-refractivity contribution in [2.75, 3.05) is 5.32 Å². The smallest absolute Gasteiger partial charge is 0.202 e. The molecule has 0 aliphatic heterocycles. The van der Waals surface area contributed by atoms with Gasteiger partial charge in [-0.05, 0) is 32.6 Å². The van der Waals surface area contributed by atoms with Gasteiger partial charge in [-0.3, -0.25) is 0 Å². The fourth-order valence-electron chi connectivity index (χ4n) is 1.22. The first-order chi connectivity index (χ1) is 6.58. The molecule has 1 atom stereocenters. The van der Waals surface area contributed by atoms with Gasteiger partial charge in [0.2, 0.25) is 5.13 Å². The Balaban J connectivity index is 2.30. The standard InChI is InChI=1S/C10H19N3S/c1-7(2)5-6-8(3)11-10-12-9(4)13-14-10/h7-8H,5-6H2,1-4H3,(H,11,12,13). The number of anilines is 1. The summed E-state index contributed by atoms with van der Waals surface area (Å²) in [5.74, 6) is 1.63. The summed E-state index contributed by atoms with van der Waals surface area (Å²) in [5.41, 5.74) is 0. The lowest BCUT2D eigenvalue weighted by Gasteiger charge is -2.13. The van der Waals surface area contributed by atoms with E-state index in [1.807, 2.05) is 6.92 Å². The zero-order chi connectivity index (χ0) is 10.6. The van der Waals surface area contributed by atoms with Crippen molar-refractivity contribution in [3.8, 4) is 0 Å². The first-order valence-electron chi connectivity index (χ1n) is 5.14. The van der Waals surface area contributed by atoms with Gasteiger partial charge in [-0.15, -0.1) is 0 Å². The van der Waals surface area contributed by atoms with Crippen LogP contribution in [0.25, 0.3) is 0 Å². The Morgan fingerprint density at radius 3 is 2.50 bits per heavy atom. The number of hydrogen-bond acceptors (Lipinski definition) is 4. The highest BCUT2D eigenvalue weighted by molar-refractivity contribution is 7.09. The largest absolute Gasteiger partial charge is 0.358 e. The molecule has 1 aromatic rings. The van der Waals surface area contributed by atoms with Gasteiger partial charge in [-0.2, -0.15) is 4.37 Å². The minimum absolute atomic E-state index is 0.491. The normalized spacial score (nSPS) is 13.2. The second-order valence-electron chi connectivity index (χ2n) is 4.16. The van der Waals surface area contributed by atoms with Crippen molar-refractivity contribution in [3.63, 3.8) is 0 Å². The molecule has 80 valence electrons. The summed E-state index contributed by atoms with van der Waals surface area (Å²) in [6.07, 6.45) is 2.45. The van der Waals surface area contributed by atoms with Crippen LogP contribution in [0.4, 0.5) is 5.13 Å². The van der Waals surface area contributed by atoms with Crippen LogP contribution in [0.3, 0.4) is 0 Å². The third kappa shape index (κ3) is 4.05. The van der Waals surface area contributed by atoms with E-state index in [1.165, 1.54) is 24.4 Å². The van der Waals surface area contributed by atoms with Crippen molar-refractivity contribution in [2.24, 2.45) is 5.92 Å². The topological polar surface area (TPSA) is 37.8 Å². The van der Waals surface area contributed by atoms with Gasteiger partial charge in [0, 0.05) is 17.6 Å². The molecule has 4 heteroatoms. The van der Waals surface area contributed by atoms with E-state index in [4.69, 9.17) is 0 Å². The first kappa shape index (κ1) is 11.4. The molecular weight excluding hydrogens is 194 g/mol. The van der Waals surface area contributed by atoms with E-state index in [2.05, 4.69) is 35.4 Å². The van der Waals surface area contributed by atoms with E-state index in [-0.39, 0.29) is 0 Å². The van der Waals surface area contributed by atoms with E-state index >= 15 is 0 Å². The van der Waals surface area contributed by atoms with Crippen molar-refractivity contribution >= 4 is 16.7 Å². The van der Waals surface area contributed by atoms with Crippen LogP contribution in [0.2, 0.25) is 0 Å². The molecule has 0 aromatic carbocycles. The Kier molecular flexibility index (Phi) is 4.32. The van der Waals surface area contributed by atoms with Gasteiger partial charge in [0.1, 0.15) is 5.82 Å². The Labute approximate surface area is 90.1 Å². The second kappa shape index (κ2) is 5.29. The van der Waals surface area contributed by atoms with Gasteiger partial charge in [0.15, 0.2) is 0 Å². The number of aromatic nitrogens is 2. The summed E-state index contributed by atoms with van der Waals surface area (Å²) >= 11 is 1.44. The molecule has 0 saturated carbocycles. The maximum atomic E-state index is 4.27. The van der Waals surface area contributed by atoms with Gasteiger partial charge in [-0.1, -0.05) is 13.8 Å². The maximum Gasteiger partial charge on any atom is 0.202 e. The molecule has 0 aliphatic carbocycles. The van der Waals surface area contributed by atoms with Crippen molar-refractivity contribution in [2.45, 2.75) is 46.6 Å². The molecule has 1 unspecified atom stereocenters. The lowest BCUT2D eigenvalue weighted by Crippen LogP contribution is -2.15. The number of aryl methyl sites for hydroxylation is 1. The Bertz CT molecular complexity index is 270. The molecule has 14 heavy (non-hydrogen) atoms. The molecule has 0 aliphatic rings. The predicted octanol–water partition coefficient (Wildman–Crippen LogP) is 3.08. The average molecular weight is 213 g/mol. The molecular formula is C10H19N3S. The van der Waals surface area contributed by atoms with Crippen LogP contribution in [-0.2, 0) is 0 Å². The highest BCUT2D eigenvalue weighted by Gasteiger charge is 2.06. The van der Waals surface area contributed by atoms with Crippen molar-refractivity contribution < 1.29 is 0 Å². The summed E-state index contributed by atoms with van der Waals surface area (Å²) in [6.45, 7) is 8.61. The van der Waals surface area contributed by atoms with Gasteiger partial charge < -0.3 is 5.32 Å². The average Bonchev–Trinajstić information content (AvgIpc) is 2.48. The van der Waals surface area contributed by atoms with Crippen LogP contribution in [0.1, 0.15) is 39.4 Å². The maximum absolute atomic E-state index is 4.27. The van der Waals surface area contributed by atoms with Crippen LogP contribution in [0.5, 0.6) is 0 Å². The molecule has 0 bridgehead atoms. The lowest BCUT2D eigenvalue weighted by atomic mass is 10.0. The zero-order valence-corrected chi connectivity index (χ0v) is 10.2. The van der Waals surface area contributed by atoms with E-state index in [0.717, 1.165) is 16.9 Å². The van der Waals surface area contributed by atoms with E-state index in [1.54, 1.807) is 0 Å². The first-order valence-corrected chi connectivity index (χ1v) is 5.92. The second-order valence-corrected chi connectivity index (χ2v) is 4.92. The molecule has 0 fully saturated rings. The quantitative estimate of drug-likeness (QED) is 0.816. The van der Waals surface area contributed by atoms with Gasteiger partial charge in [0.05, 0.1) is 0 Å². The molecule has 1 heterocycles.